The Bertz CT molecular complexity index is 2830. The van der Waals surface area contributed by atoms with Crippen molar-refractivity contribution in [2.24, 2.45) is 0 Å². The minimum Gasteiger partial charge on any atom is -0.278 e. The molecule has 0 fully saturated rings. The fraction of sp³-hybridized carbons (Fsp3) is 0. The summed E-state index contributed by atoms with van der Waals surface area (Å²) in [5, 5.41) is 7.27. The quantitative estimate of drug-likeness (QED) is 0.186. The first kappa shape index (κ1) is 29.1. The Morgan fingerprint density at radius 1 is 0.333 bits per heavy atom. The maximum absolute atomic E-state index is 5.24. The zero-order chi connectivity index (χ0) is 33.7. The highest BCUT2D eigenvalue weighted by molar-refractivity contribution is 6.22. The molecule has 2 heterocycles. The van der Waals surface area contributed by atoms with E-state index in [1.54, 1.807) is 0 Å². The monoisotopic (exact) mass is 649 g/mol. The fourth-order valence-corrected chi connectivity index (χ4v) is 7.64. The zero-order valence-corrected chi connectivity index (χ0v) is 27.7. The van der Waals surface area contributed by atoms with Crippen LogP contribution in [0.25, 0.3) is 94.1 Å². The predicted molar refractivity (Wildman–Crippen MR) is 213 cm³/mol. The van der Waals surface area contributed by atoms with Gasteiger partial charge in [-0.3, -0.25) is 4.57 Å². The zero-order valence-electron chi connectivity index (χ0n) is 27.7. The third kappa shape index (κ3) is 4.90. The molecule has 3 nitrogen and oxygen atoms in total. The lowest BCUT2D eigenvalue weighted by Gasteiger charge is -2.13. The van der Waals surface area contributed by atoms with E-state index in [0.29, 0.717) is 5.95 Å². The normalized spacial score (nSPS) is 11.5. The smallest absolute Gasteiger partial charge is 0.235 e. The lowest BCUT2D eigenvalue weighted by molar-refractivity contribution is 0.996. The van der Waals surface area contributed by atoms with Gasteiger partial charge in [-0.25, -0.2) is 9.97 Å². The molecule has 3 heteroatoms. The second-order valence-corrected chi connectivity index (χ2v) is 13.0. The number of para-hydroxylation sites is 1. The number of hydrogen-bond donors (Lipinski definition) is 0. The van der Waals surface area contributed by atoms with Gasteiger partial charge in [-0.2, -0.15) is 0 Å². The third-order valence-electron chi connectivity index (χ3n) is 10.0. The van der Waals surface area contributed by atoms with E-state index in [4.69, 9.17) is 9.97 Å². The molecule has 0 spiro atoms. The molecular formula is C48H31N3. The van der Waals surface area contributed by atoms with Crippen LogP contribution in [0, 0.1) is 0 Å². The Hall–Kier alpha value is -6.84. The number of benzene rings is 8. The second kappa shape index (κ2) is 11.9. The molecule has 8 aromatic carbocycles. The van der Waals surface area contributed by atoms with Crippen molar-refractivity contribution >= 4 is 43.4 Å². The molecule has 10 aromatic rings. The molecule has 0 aliphatic heterocycles. The molecule has 0 amide bonds. The molecule has 2 aromatic heterocycles. The van der Waals surface area contributed by atoms with Gasteiger partial charge in [0.05, 0.1) is 22.4 Å². The highest BCUT2D eigenvalue weighted by atomic mass is 15.2. The summed E-state index contributed by atoms with van der Waals surface area (Å²) in [7, 11) is 0. The van der Waals surface area contributed by atoms with Gasteiger partial charge in [0.2, 0.25) is 5.95 Å². The average molecular weight is 650 g/mol. The van der Waals surface area contributed by atoms with Gasteiger partial charge in [0.1, 0.15) is 0 Å². The van der Waals surface area contributed by atoms with Gasteiger partial charge in [-0.15, -0.1) is 0 Å². The molecule has 0 saturated carbocycles. The van der Waals surface area contributed by atoms with Gasteiger partial charge in [-0.05, 0) is 68.1 Å². The van der Waals surface area contributed by atoms with E-state index < -0.39 is 0 Å². The Morgan fingerprint density at radius 3 is 1.47 bits per heavy atom. The van der Waals surface area contributed by atoms with Gasteiger partial charge in [0.15, 0.2) is 0 Å². The number of nitrogens with zero attached hydrogens (tertiary/aromatic N) is 3. The second-order valence-electron chi connectivity index (χ2n) is 13.0. The number of rotatable bonds is 5. The number of aromatic nitrogens is 3. The van der Waals surface area contributed by atoms with Crippen LogP contribution in [0.5, 0.6) is 0 Å². The molecule has 238 valence electrons. The van der Waals surface area contributed by atoms with Crippen molar-refractivity contribution in [3.63, 3.8) is 0 Å². The van der Waals surface area contributed by atoms with Crippen LogP contribution in [-0.2, 0) is 0 Å². The lowest BCUT2D eigenvalue weighted by Crippen LogP contribution is -2.03. The largest absolute Gasteiger partial charge is 0.278 e. The van der Waals surface area contributed by atoms with Gasteiger partial charge in [0, 0.05) is 21.9 Å². The van der Waals surface area contributed by atoms with Gasteiger partial charge < -0.3 is 0 Å². The highest BCUT2D eigenvalue weighted by Crippen LogP contribution is 2.41. The Balaban J connectivity index is 1.22. The topological polar surface area (TPSA) is 30.7 Å². The minimum absolute atomic E-state index is 0.652. The van der Waals surface area contributed by atoms with Crippen LogP contribution < -0.4 is 0 Å². The molecule has 10 rings (SSSR count). The SMILES string of the molecule is c1ccc(-c2cc(-c3ccccc3)nc(-n3c4ccccc4c4c5cc(-c6ccc(-c7ccccc7)c7ccccc67)ccc5ccc43)n2)cc1. The van der Waals surface area contributed by atoms with Crippen LogP contribution in [0.1, 0.15) is 0 Å². The van der Waals surface area contributed by atoms with Crippen molar-refractivity contribution < 1.29 is 0 Å². The molecule has 0 aliphatic carbocycles. The Morgan fingerprint density at radius 2 is 0.843 bits per heavy atom. The maximum Gasteiger partial charge on any atom is 0.235 e. The van der Waals surface area contributed by atoms with Crippen molar-refractivity contribution in [3.8, 4) is 50.7 Å². The van der Waals surface area contributed by atoms with Crippen LogP contribution in [0.4, 0.5) is 0 Å². The third-order valence-corrected chi connectivity index (χ3v) is 10.0. The van der Waals surface area contributed by atoms with Crippen LogP contribution in [0.2, 0.25) is 0 Å². The Kier molecular flexibility index (Phi) is 6.81. The average Bonchev–Trinajstić information content (AvgIpc) is 3.56. The van der Waals surface area contributed by atoms with Crippen molar-refractivity contribution in [1.29, 1.82) is 0 Å². The number of hydrogen-bond acceptors (Lipinski definition) is 2. The molecule has 51 heavy (non-hydrogen) atoms. The molecule has 0 unspecified atom stereocenters. The maximum atomic E-state index is 5.24. The molecule has 0 radical (unpaired) electrons. The van der Waals surface area contributed by atoms with Crippen LogP contribution in [0.3, 0.4) is 0 Å². The molecular weight excluding hydrogens is 619 g/mol. The molecule has 0 bridgehead atoms. The first-order chi connectivity index (χ1) is 25.3. The van der Waals surface area contributed by atoms with E-state index in [9.17, 15) is 0 Å². The first-order valence-electron chi connectivity index (χ1n) is 17.3. The van der Waals surface area contributed by atoms with Crippen molar-refractivity contribution in [1.82, 2.24) is 14.5 Å². The summed E-state index contributed by atoms with van der Waals surface area (Å²) in [6, 6.07) is 66.8. The van der Waals surface area contributed by atoms with Crippen molar-refractivity contribution in [3.05, 3.63) is 188 Å². The standard InChI is InChI=1S/C48H31N3/c1-4-14-32(15-5-1)37-27-28-38(40-21-11-10-20-39(37)40)36-25-24-33-26-29-46-47(42(33)30-36)41-22-12-13-23-45(41)51(46)48-49-43(34-16-6-2-7-17-34)31-44(50-48)35-18-8-3-9-19-35/h1-31H. The van der Waals surface area contributed by atoms with E-state index in [2.05, 4.69) is 180 Å². The van der Waals surface area contributed by atoms with Gasteiger partial charge >= 0.3 is 0 Å². The molecule has 0 saturated heterocycles. The highest BCUT2D eigenvalue weighted by Gasteiger charge is 2.19. The van der Waals surface area contributed by atoms with Crippen molar-refractivity contribution in [2.75, 3.05) is 0 Å². The molecule has 0 atom stereocenters. The summed E-state index contributed by atoms with van der Waals surface area (Å²) in [5.74, 6) is 0.652. The molecule has 0 N–H and O–H groups in total. The van der Waals surface area contributed by atoms with E-state index >= 15 is 0 Å². The first-order valence-corrected chi connectivity index (χ1v) is 17.3. The fourth-order valence-electron chi connectivity index (χ4n) is 7.64. The van der Waals surface area contributed by atoms with E-state index in [-0.39, 0.29) is 0 Å². The molecule has 0 aliphatic rings. The minimum atomic E-state index is 0.652. The summed E-state index contributed by atoms with van der Waals surface area (Å²) in [6.45, 7) is 0. The van der Waals surface area contributed by atoms with Crippen molar-refractivity contribution in [2.45, 2.75) is 0 Å². The summed E-state index contributed by atoms with van der Waals surface area (Å²) >= 11 is 0. The summed E-state index contributed by atoms with van der Waals surface area (Å²) < 4.78 is 2.24. The summed E-state index contributed by atoms with van der Waals surface area (Å²) in [4.78, 5) is 10.5. The lowest BCUT2D eigenvalue weighted by atomic mass is 9.91. The van der Waals surface area contributed by atoms with Crippen LogP contribution >= 0.6 is 0 Å². The predicted octanol–water partition coefficient (Wildman–Crippen LogP) is 12.5. The van der Waals surface area contributed by atoms with Crippen LogP contribution in [-0.4, -0.2) is 14.5 Å². The van der Waals surface area contributed by atoms with Gasteiger partial charge in [-0.1, -0.05) is 164 Å². The Labute approximate surface area is 295 Å². The summed E-state index contributed by atoms with van der Waals surface area (Å²) in [6.07, 6.45) is 0. The van der Waals surface area contributed by atoms with Gasteiger partial charge in [0.25, 0.3) is 0 Å². The van der Waals surface area contributed by atoms with E-state index in [0.717, 1.165) is 33.5 Å². The summed E-state index contributed by atoms with van der Waals surface area (Å²) in [5.41, 5.74) is 10.9. The number of fused-ring (bicyclic) bond motifs is 6. The van der Waals surface area contributed by atoms with E-state index in [1.165, 1.54) is 54.6 Å². The van der Waals surface area contributed by atoms with Crippen LogP contribution in [0.15, 0.2) is 188 Å². The van der Waals surface area contributed by atoms with E-state index in [1.807, 2.05) is 12.1 Å².